The first-order valence-electron chi connectivity index (χ1n) is 6.04. The highest BCUT2D eigenvalue weighted by Gasteiger charge is 2.16. The molecule has 0 bridgehead atoms. The minimum Gasteiger partial charge on any atom is -0.387 e. The largest absolute Gasteiger partial charge is 0.387 e. The summed E-state index contributed by atoms with van der Waals surface area (Å²) in [4.78, 5) is 2.22. The van der Waals surface area contributed by atoms with Crippen LogP contribution in [0.2, 0.25) is 0 Å². The zero-order chi connectivity index (χ0) is 12.3. The molecule has 1 aliphatic rings. The van der Waals surface area contributed by atoms with Crippen molar-refractivity contribution >= 4 is 0 Å². The summed E-state index contributed by atoms with van der Waals surface area (Å²) in [7, 11) is 0. The van der Waals surface area contributed by atoms with Crippen LogP contribution in [0.5, 0.6) is 0 Å². The van der Waals surface area contributed by atoms with Gasteiger partial charge in [-0.15, -0.1) is 0 Å². The van der Waals surface area contributed by atoms with E-state index in [9.17, 15) is 9.50 Å². The second-order valence-corrected chi connectivity index (χ2v) is 4.58. The van der Waals surface area contributed by atoms with Gasteiger partial charge in [0, 0.05) is 32.7 Å². The summed E-state index contributed by atoms with van der Waals surface area (Å²) in [6.07, 6.45) is -0.535. The summed E-state index contributed by atoms with van der Waals surface area (Å²) in [5, 5.41) is 13.4. The third-order valence-electron chi connectivity index (χ3n) is 3.21. The molecule has 0 saturated carbocycles. The minimum atomic E-state index is -0.535. The maximum Gasteiger partial charge on any atom is 0.126 e. The second-order valence-electron chi connectivity index (χ2n) is 4.58. The Morgan fingerprint density at radius 3 is 2.76 bits per heavy atom. The Kier molecular flexibility index (Phi) is 4.10. The number of nitrogens with one attached hydrogen (secondary N) is 1. The summed E-state index contributed by atoms with van der Waals surface area (Å²) in [5.74, 6) is -0.219. The Balaban J connectivity index is 1.98. The fourth-order valence-electron chi connectivity index (χ4n) is 2.12. The van der Waals surface area contributed by atoms with Crippen molar-refractivity contribution in [3.63, 3.8) is 0 Å². The number of halogens is 1. The van der Waals surface area contributed by atoms with Gasteiger partial charge in [-0.25, -0.2) is 4.39 Å². The Hall–Kier alpha value is -0.970. The van der Waals surface area contributed by atoms with Crippen molar-refractivity contribution in [2.45, 2.75) is 13.0 Å². The van der Waals surface area contributed by atoms with Crippen molar-refractivity contribution in [2.75, 3.05) is 32.7 Å². The van der Waals surface area contributed by atoms with Crippen molar-refractivity contribution in [3.8, 4) is 0 Å². The Bertz CT molecular complexity index is 378. The molecule has 2 rings (SSSR count). The van der Waals surface area contributed by atoms with Crippen LogP contribution in [0, 0.1) is 12.7 Å². The van der Waals surface area contributed by atoms with Gasteiger partial charge in [0.15, 0.2) is 0 Å². The van der Waals surface area contributed by atoms with E-state index in [0.29, 0.717) is 12.1 Å². The van der Waals surface area contributed by atoms with E-state index in [1.807, 2.05) is 0 Å². The molecular formula is C13H19FN2O. The number of β-amino-alcohol motifs (C(OH)–C–C–N with tert-alkyl or cyclic N) is 1. The molecule has 3 nitrogen and oxygen atoms in total. The number of hydrogen-bond donors (Lipinski definition) is 2. The first-order valence-corrected chi connectivity index (χ1v) is 6.04. The predicted octanol–water partition coefficient (Wildman–Crippen LogP) is 1.07. The molecule has 2 N–H and O–H groups in total. The van der Waals surface area contributed by atoms with Gasteiger partial charge in [0.25, 0.3) is 0 Å². The SMILES string of the molecule is Cc1cc(C(O)CN2CCNCC2)ccc1F. The molecule has 1 saturated heterocycles. The monoisotopic (exact) mass is 238 g/mol. The molecule has 0 aromatic heterocycles. The normalized spacial score (nSPS) is 19.2. The molecule has 1 aromatic carbocycles. The van der Waals surface area contributed by atoms with Crippen LogP contribution in [0.15, 0.2) is 18.2 Å². The lowest BCUT2D eigenvalue weighted by Crippen LogP contribution is -2.44. The van der Waals surface area contributed by atoms with Gasteiger partial charge < -0.3 is 10.4 Å². The number of piperazine rings is 1. The molecule has 0 amide bonds. The zero-order valence-corrected chi connectivity index (χ0v) is 10.1. The van der Waals surface area contributed by atoms with Crippen molar-refractivity contribution in [1.82, 2.24) is 10.2 Å². The molecule has 0 radical (unpaired) electrons. The van der Waals surface area contributed by atoms with Crippen molar-refractivity contribution in [3.05, 3.63) is 35.1 Å². The average Bonchev–Trinajstić information content (AvgIpc) is 2.34. The van der Waals surface area contributed by atoms with Gasteiger partial charge in [-0.2, -0.15) is 0 Å². The molecule has 1 aromatic rings. The number of aliphatic hydroxyl groups is 1. The van der Waals surface area contributed by atoms with Crippen LogP contribution in [-0.4, -0.2) is 42.7 Å². The van der Waals surface area contributed by atoms with Crippen molar-refractivity contribution < 1.29 is 9.50 Å². The van der Waals surface area contributed by atoms with Crippen LogP contribution >= 0.6 is 0 Å². The third-order valence-corrected chi connectivity index (χ3v) is 3.21. The molecular weight excluding hydrogens is 219 g/mol. The molecule has 17 heavy (non-hydrogen) atoms. The summed E-state index contributed by atoms with van der Waals surface area (Å²) >= 11 is 0. The Morgan fingerprint density at radius 1 is 1.41 bits per heavy atom. The zero-order valence-electron chi connectivity index (χ0n) is 10.1. The van der Waals surface area contributed by atoms with Gasteiger partial charge in [0.05, 0.1) is 6.10 Å². The third kappa shape index (κ3) is 3.25. The smallest absolute Gasteiger partial charge is 0.126 e. The average molecular weight is 238 g/mol. The van der Waals surface area contributed by atoms with E-state index in [-0.39, 0.29) is 5.82 Å². The van der Waals surface area contributed by atoms with Crippen LogP contribution in [0.1, 0.15) is 17.2 Å². The topological polar surface area (TPSA) is 35.5 Å². The second kappa shape index (κ2) is 5.58. The number of aliphatic hydroxyl groups excluding tert-OH is 1. The molecule has 0 spiro atoms. The van der Waals surface area contributed by atoms with E-state index in [1.54, 1.807) is 19.1 Å². The van der Waals surface area contributed by atoms with Gasteiger partial charge in [0.2, 0.25) is 0 Å². The highest BCUT2D eigenvalue weighted by Crippen LogP contribution is 2.17. The number of nitrogens with zero attached hydrogens (tertiary/aromatic N) is 1. The quantitative estimate of drug-likeness (QED) is 0.827. The van der Waals surface area contributed by atoms with E-state index in [0.717, 1.165) is 31.7 Å². The fourth-order valence-corrected chi connectivity index (χ4v) is 2.12. The van der Waals surface area contributed by atoms with E-state index >= 15 is 0 Å². The van der Waals surface area contributed by atoms with Gasteiger partial charge in [-0.1, -0.05) is 12.1 Å². The van der Waals surface area contributed by atoms with E-state index in [1.165, 1.54) is 6.07 Å². The standard InChI is InChI=1S/C13H19FN2O/c1-10-8-11(2-3-12(10)14)13(17)9-16-6-4-15-5-7-16/h2-3,8,13,15,17H,4-7,9H2,1H3. The maximum atomic E-state index is 13.1. The van der Waals surface area contributed by atoms with E-state index in [4.69, 9.17) is 0 Å². The predicted molar refractivity (Wildman–Crippen MR) is 65.4 cm³/mol. The molecule has 1 atom stereocenters. The van der Waals surface area contributed by atoms with Crippen LogP contribution in [0.3, 0.4) is 0 Å². The van der Waals surface area contributed by atoms with Crippen molar-refractivity contribution in [2.24, 2.45) is 0 Å². The Labute approximate surface area is 101 Å². The maximum absolute atomic E-state index is 13.1. The van der Waals surface area contributed by atoms with Crippen LogP contribution in [0.4, 0.5) is 4.39 Å². The van der Waals surface area contributed by atoms with E-state index in [2.05, 4.69) is 10.2 Å². The molecule has 1 unspecified atom stereocenters. The fraction of sp³-hybridized carbons (Fsp3) is 0.538. The van der Waals surface area contributed by atoms with Gasteiger partial charge in [-0.3, -0.25) is 4.90 Å². The molecule has 4 heteroatoms. The number of hydrogen-bond acceptors (Lipinski definition) is 3. The van der Waals surface area contributed by atoms with Gasteiger partial charge in [0.1, 0.15) is 5.82 Å². The first-order chi connectivity index (χ1) is 8.16. The Morgan fingerprint density at radius 2 is 2.12 bits per heavy atom. The summed E-state index contributed by atoms with van der Waals surface area (Å²) in [5.41, 5.74) is 1.38. The van der Waals surface area contributed by atoms with Crippen LogP contribution in [0.25, 0.3) is 0 Å². The van der Waals surface area contributed by atoms with E-state index < -0.39 is 6.10 Å². The minimum absolute atomic E-state index is 0.219. The molecule has 1 aliphatic heterocycles. The highest BCUT2D eigenvalue weighted by molar-refractivity contribution is 5.25. The van der Waals surface area contributed by atoms with Crippen LogP contribution in [-0.2, 0) is 0 Å². The summed E-state index contributed by atoms with van der Waals surface area (Å²) in [6, 6.07) is 4.81. The van der Waals surface area contributed by atoms with Crippen LogP contribution < -0.4 is 5.32 Å². The number of aryl methyl sites for hydroxylation is 1. The number of benzene rings is 1. The lowest BCUT2D eigenvalue weighted by Gasteiger charge is -2.29. The van der Waals surface area contributed by atoms with Gasteiger partial charge in [-0.05, 0) is 24.1 Å². The summed E-state index contributed by atoms with van der Waals surface area (Å²) < 4.78 is 13.1. The molecule has 1 heterocycles. The highest BCUT2D eigenvalue weighted by atomic mass is 19.1. The lowest BCUT2D eigenvalue weighted by atomic mass is 10.1. The van der Waals surface area contributed by atoms with Gasteiger partial charge >= 0.3 is 0 Å². The lowest BCUT2D eigenvalue weighted by molar-refractivity contribution is 0.105. The number of rotatable bonds is 3. The summed E-state index contributed by atoms with van der Waals surface area (Å²) in [6.45, 7) is 6.18. The first kappa shape index (κ1) is 12.5. The molecule has 1 fully saturated rings. The molecule has 94 valence electrons. The van der Waals surface area contributed by atoms with Crippen molar-refractivity contribution in [1.29, 1.82) is 0 Å². The molecule has 0 aliphatic carbocycles.